The number of fused-ring (bicyclic) bond motifs is 1. The number of rotatable bonds is 4. The number of anilines is 1. The fourth-order valence-electron chi connectivity index (χ4n) is 4.90. The van der Waals surface area contributed by atoms with E-state index in [-0.39, 0.29) is 5.91 Å². The van der Waals surface area contributed by atoms with Gasteiger partial charge in [0.2, 0.25) is 5.95 Å². The summed E-state index contributed by atoms with van der Waals surface area (Å²) >= 11 is 0. The van der Waals surface area contributed by atoms with Gasteiger partial charge in [0.25, 0.3) is 5.91 Å². The SMILES string of the molecule is CN=Cc1ccc(C(=O)N2CCc3cnc(N4CCN(C5CCC5)CC4)nc3CC2)cc1. The van der Waals surface area contributed by atoms with Crippen LogP contribution in [0.2, 0.25) is 0 Å². The Morgan fingerprint density at radius 1 is 1.03 bits per heavy atom. The van der Waals surface area contributed by atoms with E-state index in [1.54, 1.807) is 13.3 Å². The van der Waals surface area contributed by atoms with E-state index in [9.17, 15) is 4.79 Å². The lowest BCUT2D eigenvalue weighted by molar-refractivity contribution is 0.0763. The van der Waals surface area contributed by atoms with Gasteiger partial charge >= 0.3 is 0 Å². The summed E-state index contributed by atoms with van der Waals surface area (Å²) in [6.45, 7) is 5.60. The molecule has 5 rings (SSSR count). The van der Waals surface area contributed by atoms with Crippen molar-refractivity contribution in [1.29, 1.82) is 0 Å². The van der Waals surface area contributed by atoms with E-state index in [1.165, 1.54) is 24.8 Å². The Hall–Kier alpha value is -2.80. The molecule has 7 nitrogen and oxygen atoms in total. The molecule has 0 bridgehead atoms. The summed E-state index contributed by atoms with van der Waals surface area (Å²) in [5.41, 5.74) is 4.00. The Morgan fingerprint density at radius 3 is 2.47 bits per heavy atom. The molecule has 0 spiro atoms. The Balaban J connectivity index is 1.22. The zero-order chi connectivity index (χ0) is 21.9. The Labute approximate surface area is 190 Å². The molecule has 1 saturated carbocycles. The van der Waals surface area contributed by atoms with Crippen molar-refractivity contribution in [3.05, 3.63) is 52.8 Å². The highest BCUT2D eigenvalue weighted by Gasteiger charge is 2.29. The van der Waals surface area contributed by atoms with E-state index < -0.39 is 0 Å². The van der Waals surface area contributed by atoms with Gasteiger partial charge in [-0.05, 0) is 42.5 Å². The highest BCUT2D eigenvalue weighted by atomic mass is 16.2. The lowest BCUT2D eigenvalue weighted by atomic mass is 9.91. The summed E-state index contributed by atoms with van der Waals surface area (Å²) in [6.07, 6.45) is 9.47. The molecule has 3 aliphatic rings. The normalized spacial score (nSPS) is 20.2. The van der Waals surface area contributed by atoms with Crippen LogP contribution in [-0.2, 0) is 12.8 Å². The summed E-state index contributed by atoms with van der Waals surface area (Å²) < 4.78 is 0. The average Bonchev–Trinajstić information content (AvgIpc) is 3.01. The minimum Gasteiger partial charge on any atom is -0.338 e. The smallest absolute Gasteiger partial charge is 0.253 e. The number of carbonyl (C=O) groups is 1. The minimum absolute atomic E-state index is 0.0816. The number of nitrogens with zero attached hydrogens (tertiary/aromatic N) is 6. The second-order valence-corrected chi connectivity index (χ2v) is 9.05. The molecule has 7 heteroatoms. The van der Waals surface area contributed by atoms with Crippen LogP contribution in [0.15, 0.2) is 35.5 Å². The maximum Gasteiger partial charge on any atom is 0.253 e. The first kappa shape index (κ1) is 21.1. The summed E-state index contributed by atoms with van der Waals surface area (Å²) in [5.74, 6) is 0.933. The number of hydrogen-bond acceptors (Lipinski definition) is 6. The predicted molar refractivity (Wildman–Crippen MR) is 127 cm³/mol. The number of hydrogen-bond donors (Lipinski definition) is 0. The highest BCUT2D eigenvalue weighted by molar-refractivity contribution is 5.95. The molecule has 1 aromatic heterocycles. The maximum absolute atomic E-state index is 13.0. The molecule has 0 unspecified atom stereocenters. The molecule has 3 heterocycles. The third-order valence-corrected chi connectivity index (χ3v) is 7.12. The molecule has 1 saturated heterocycles. The van der Waals surface area contributed by atoms with E-state index in [2.05, 4.69) is 14.8 Å². The Morgan fingerprint density at radius 2 is 1.78 bits per heavy atom. The molecule has 0 atom stereocenters. The molecule has 168 valence electrons. The average molecular weight is 433 g/mol. The molecule has 2 fully saturated rings. The summed E-state index contributed by atoms with van der Waals surface area (Å²) in [5, 5.41) is 0. The van der Waals surface area contributed by atoms with Gasteiger partial charge < -0.3 is 9.80 Å². The molecule has 2 aliphatic heterocycles. The van der Waals surface area contributed by atoms with Crippen molar-refractivity contribution >= 4 is 18.1 Å². The van der Waals surface area contributed by atoms with Crippen molar-refractivity contribution in [2.75, 3.05) is 51.2 Å². The van der Waals surface area contributed by atoms with E-state index in [1.807, 2.05) is 35.4 Å². The summed E-state index contributed by atoms with van der Waals surface area (Å²) in [4.78, 5) is 33.6. The van der Waals surface area contributed by atoms with Crippen LogP contribution in [0, 0.1) is 0 Å². The van der Waals surface area contributed by atoms with Crippen molar-refractivity contribution in [1.82, 2.24) is 19.8 Å². The standard InChI is InChI=1S/C25H32N6O/c1-26-17-19-5-7-20(8-6-19)24(32)30-11-9-21-18-27-25(28-23(21)10-12-30)31-15-13-29(14-16-31)22-3-2-4-22/h5-8,17-18,22H,2-4,9-16H2,1H3. The van der Waals surface area contributed by atoms with Gasteiger partial charge in [-0.3, -0.25) is 14.7 Å². The van der Waals surface area contributed by atoms with Crippen LogP contribution in [0.1, 0.15) is 46.4 Å². The second-order valence-electron chi connectivity index (χ2n) is 9.05. The van der Waals surface area contributed by atoms with Crippen molar-refractivity contribution < 1.29 is 4.79 Å². The van der Waals surface area contributed by atoms with Crippen molar-refractivity contribution in [3.63, 3.8) is 0 Å². The zero-order valence-corrected chi connectivity index (χ0v) is 18.9. The first-order valence-electron chi connectivity index (χ1n) is 11.9. The lowest BCUT2D eigenvalue weighted by Gasteiger charge is -2.43. The van der Waals surface area contributed by atoms with Crippen molar-refractivity contribution in [2.45, 2.75) is 38.1 Å². The third kappa shape index (κ3) is 4.39. The quantitative estimate of drug-likeness (QED) is 0.695. The number of amides is 1. The number of aromatic nitrogens is 2. The van der Waals surface area contributed by atoms with Crippen LogP contribution in [0.25, 0.3) is 0 Å². The van der Waals surface area contributed by atoms with Crippen LogP contribution in [0.5, 0.6) is 0 Å². The van der Waals surface area contributed by atoms with Crippen LogP contribution < -0.4 is 4.90 Å². The maximum atomic E-state index is 13.0. The fraction of sp³-hybridized carbons (Fsp3) is 0.520. The van der Waals surface area contributed by atoms with Gasteiger partial charge in [0.15, 0.2) is 0 Å². The van der Waals surface area contributed by atoms with E-state index in [0.29, 0.717) is 13.1 Å². The monoisotopic (exact) mass is 432 g/mol. The highest BCUT2D eigenvalue weighted by Crippen LogP contribution is 2.26. The number of piperazine rings is 1. The third-order valence-electron chi connectivity index (χ3n) is 7.12. The first-order chi connectivity index (χ1) is 15.7. The molecule has 0 N–H and O–H groups in total. The Bertz CT molecular complexity index is 976. The van der Waals surface area contributed by atoms with Crippen molar-refractivity contribution in [3.8, 4) is 0 Å². The molecule has 2 aromatic rings. The van der Waals surface area contributed by atoms with Gasteiger partial charge in [-0.25, -0.2) is 9.97 Å². The molecule has 1 aromatic carbocycles. The summed E-state index contributed by atoms with van der Waals surface area (Å²) in [6, 6.07) is 8.46. The van der Waals surface area contributed by atoms with Crippen LogP contribution in [-0.4, -0.2) is 84.2 Å². The lowest BCUT2D eigenvalue weighted by Crippen LogP contribution is -2.52. The van der Waals surface area contributed by atoms with Gasteiger partial charge in [-0.2, -0.15) is 0 Å². The fourth-order valence-corrected chi connectivity index (χ4v) is 4.90. The first-order valence-corrected chi connectivity index (χ1v) is 11.9. The predicted octanol–water partition coefficient (Wildman–Crippen LogP) is 2.44. The zero-order valence-electron chi connectivity index (χ0n) is 18.9. The number of aliphatic imine (C=N–C) groups is 1. The topological polar surface area (TPSA) is 64.9 Å². The van der Waals surface area contributed by atoms with Gasteiger partial charge in [0.1, 0.15) is 0 Å². The van der Waals surface area contributed by atoms with Crippen LogP contribution >= 0.6 is 0 Å². The van der Waals surface area contributed by atoms with Crippen LogP contribution in [0.3, 0.4) is 0 Å². The van der Waals surface area contributed by atoms with Gasteiger partial charge in [-0.15, -0.1) is 0 Å². The Kier molecular flexibility index (Phi) is 6.17. The molecular weight excluding hydrogens is 400 g/mol. The minimum atomic E-state index is 0.0816. The molecule has 1 amide bonds. The summed E-state index contributed by atoms with van der Waals surface area (Å²) in [7, 11) is 1.75. The number of benzene rings is 1. The molecule has 1 aliphatic carbocycles. The van der Waals surface area contributed by atoms with Crippen LogP contribution in [0.4, 0.5) is 5.95 Å². The van der Waals surface area contributed by atoms with Gasteiger partial charge in [0, 0.05) is 76.8 Å². The van der Waals surface area contributed by atoms with Crippen molar-refractivity contribution in [2.24, 2.45) is 4.99 Å². The largest absolute Gasteiger partial charge is 0.338 e. The molecule has 32 heavy (non-hydrogen) atoms. The molecule has 0 radical (unpaired) electrons. The van der Waals surface area contributed by atoms with E-state index in [0.717, 1.165) is 67.8 Å². The number of carbonyl (C=O) groups excluding carboxylic acids is 1. The second kappa shape index (κ2) is 9.36. The van der Waals surface area contributed by atoms with Gasteiger partial charge in [-0.1, -0.05) is 18.6 Å². The van der Waals surface area contributed by atoms with E-state index >= 15 is 0 Å². The van der Waals surface area contributed by atoms with E-state index in [4.69, 9.17) is 9.97 Å². The molecular formula is C25H32N6O. The van der Waals surface area contributed by atoms with Gasteiger partial charge in [0.05, 0.1) is 5.69 Å².